The van der Waals surface area contributed by atoms with Crippen molar-refractivity contribution in [3.05, 3.63) is 23.8 Å². The fraction of sp³-hybridized carbons (Fsp3) is 0.375. The summed E-state index contributed by atoms with van der Waals surface area (Å²) in [6.45, 7) is 0. The van der Waals surface area contributed by atoms with E-state index in [0.717, 1.165) is 12.8 Å². The summed E-state index contributed by atoms with van der Waals surface area (Å²) in [6, 6.07) is 0. The van der Waals surface area contributed by atoms with E-state index in [-0.39, 0.29) is 5.69 Å². The summed E-state index contributed by atoms with van der Waals surface area (Å²) in [4.78, 5) is 17.8. The van der Waals surface area contributed by atoms with Crippen LogP contribution in [0.4, 0.5) is 0 Å². The van der Waals surface area contributed by atoms with Crippen molar-refractivity contribution in [1.29, 1.82) is 0 Å². The lowest BCUT2D eigenvalue weighted by molar-refractivity contribution is 0.0689. The van der Waals surface area contributed by atoms with Crippen LogP contribution in [0.2, 0.25) is 0 Å². The second-order valence-corrected chi connectivity index (χ2v) is 3.78. The van der Waals surface area contributed by atoms with Gasteiger partial charge in [-0.3, -0.25) is 4.98 Å². The highest BCUT2D eigenvalue weighted by Crippen LogP contribution is 2.50. The van der Waals surface area contributed by atoms with Crippen molar-refractivity contribution in [3.63, 3.8) is 0 Å². The maximum atomic E-state index is 10.6. The van der Waals surface area contributed by atoms with Gasteiger partial charge in [0.1, 0.15) is 0 Å². The summed E-state index contributed by atoms with van der Waals surface area (Å²) in [5, 5.41) is 8.65. The van der Waals surface area contributed by atoms with E-state index in [1.807, 2.05) is 0 Å². The van der Waals surface area contributed by atoms with Gasteiger partial charge in [-0.25, -0.2) is 9.78 Å². The quantitative estimate of drug-likeness (QED) is 0.730. The Morgan fingerprint density at radius 2 is 2.23 bits per heavy atom. The lowest BCUT2D eigenvalue weighted by atomic mass is 10.3. The summed E-state index contributed by atoms with van der Waals surface area (Å²) in [7, 11) is 0. The lowest BCUT2D eigenvalue weighted by Crippen LogP contribution is -2.07. The molecule has 0 radical (unpaired) electrons. The Balaban J connectivity index is 2.38. The van der Waals surface area contributed by atoms with Gasteiger partial charge in [-0.1, -0.05) is 0 Å². The summed E-state index contributed by atoms with van der Waals surface area (Å²) in [6.07, 6.45) is 4.42. The number of rotatable bonds is 2. The number of carboxylic acid groups (broad SMARTS) is 1. The fourth-order valence-corrected chi connectivity index (χ4v) is 1.24. The van der Waals surface area contributed by atoms with Crippen molar-refractivity contribution in [2.75, 3.05) is 0 Å². The highest BCUT2D eigenvalue weighted by atomic mass is 35.5. The van der Waals surface area contributed by atoms with Crippen molar-refractivity contribution >= 4 is 17.6 Å². The molecule has 1 N–H and O–H groups in total. The normalized spacial score (nSPS) is 18.2. The van der Waals surface area contributed by atoms with Gasteiger partial charge in [-0.15, -0.1) is 11.6 Å². The second-order valence-electron chi connectivity index (χ2n) is 3.06. The van der Waals surface area contributed by atoms with Gasteiger partial charge in [0.15, 0.2) is 5.69 Å². The molecule has 1 aromatic heterocycles. The third-order valence-electron chi connectivity index (χ3n) is 2.00. The highest BCUT2D eigenvalue weighted by molar-refractivity contribution is 6.25. The summed E-state index contributed by atoms with van der Waals surface area (Å²) in [5.41, 5.74) is 0.512. The van der Waals surface area contributed by atoms with Gasteiger partial charge in [0, 0.05) is 0 Å². The van der Waals surface area contributed by atoms with Crippen LogP contribution in [-0.4, -0.2) is 21.0 Å². The molecule has 0 aliphatic heterocycles. The molecule has 0 unspecified atom stereocenters. The first-order valence-electron chi connectivity index (χ1n) is 3.86. The molecule has 13 heavy (non-hydrogen) atoms. The first-order chi connectivity index (χ1) is 6.12. The van der Waals surface area contributed by atoms with Gasteiger partial charge in [0.25, 0.3) is 0 Å². The smallest absolute Gasteiger partial charge is 0.356 e. The molecule has 1 aliphatic carbocycles. The molecule has 5 heteroatoms. The van der Waals surface area contributed by atoms with Crippen molar-refractivity contribution in [2.45, 2.75) is 17.7 Å². The van der Waals surface area contributed by atoms with Gasteiger partial charge in [0.2, 0.25) is 0 Å². The Morgan fingerprint density at radius 3 is 2.77 bits per heavy atom. The van der Waals surface area contributed by atoms with Crippen LogP contribution in [0.3, 0.4) is 0 Å². The van der Waals surface area contributed by atoms with Crippen LogP contribution in [0.1, 0.15) is 29.0 Å². The Kier molecular flexibility index (Phi) is 1.73. The molecular formula is C8H7ClN2O2. The first-order valence-corrected chi connectivity index (χ1v) is 4.24. The second kappa shape index (κ2) is 2.67. The van der Waals surface area contributed by atoms with Gasteiger partial charge in [-0.05, 0) is 12.8 Å². The molecule has 1 heterocycles. The molecule has 0 saturated heterocycles. The molecule has 2 rings (SSSR count). The van der Waals surface area contributed by atoms with Crippen LogP contribution in [0, 0.1) is 0 Å². The number of nitrogens with zero attached hydrogens (tertiary/aromatic N) is 2. The maximum absolute atomic E-state index is 10.6. The minimum Gasteiger partial charge on any atom is -0.476 e. The molecule has 0 aromatic carbocycles. The van der Waals surface area contributed by atoms with Crippen LogP contribution in [0.15, 0.2) is 12.4 Å². The third-order valence-corrected chi connectivity index (χ3v) is 2.57. The van der Waals surface area contributed by atoms with Crippen LogP contribution >= 0.6 is 11.6 Å². The van der Waals surface area contributed by atoms with Crippen molar-refractivity contribution in [1.82, 2.24) is 9.97 Å². The van der Waals surface area contributed by atoms with Crippen LogP contribution in [-0.2, 0) is 4.87 Å². The zero-order chi connectivity index (χ0) is 9.47. The minimum absolute atomic E-state index is 0.0515. The number of alkyl halides is 1. The van der Waals surface area contributed by atoms with Crippen molar-refractivity contribution in [3.8, 4) is 0 Å². The fourth-order valence-electron chi connectivity index (χ4n) is 1.05. The van der Waals surface area contributed by atoms with Crippen LogP contribution in [0.5, 0.6) is 0 Å². The Morgan fingerprint density at radius 1 is 1.54 bits per heavy atom. The van der Waals surface area contributed by atoms with Gasteiger partial charge in [-0.2, -0.15) is 0 Å². The van der Waals surface area contributed by atoms with Crippen LogP contribution < -0.4 is 0 Å². The maximum Gasteiger partial charge on any atom is 0.356 e. The summed E-state index contributed by atoms with van der Waals surface area (Å²) in [5.74, 6) is -1.07. The van der Waals surface area contributed by atoms with Gasteiger partial charge < -0.3 is 5.11 Å². The molecule has 0 bridgehead atoms. The van der Waals surface area contributed by atoms with E-state index in [1.54, 1.807) is 0 Å². The molecule has 1 aliphatic rings. The van der Waals surface area contributed by atoms with E-state index in [2.05, 4.69) is 9.97 Å². The average Bonchev–Trinajstić information content (AvgIpc) is 2.85. The first kappa shape index (κ1) is 8.44. The van der Waals surface area contributed by atoms with Crippen molar-refractivity contribution in [2.24, 2.45) is 0 Å². The van der Waals surface area contributed by atoms with E-state index >= 15 is 0 Å². The van der Waals surface area contributed by atoms with Crippen LogP contribution in [0.25, 0.3) is 0 Å². The average molecular weight is 199 g/mol. The molecule has 0 spiro atoms. The monoisotopic (exact) mass is 198 g/mol. The number of hydrogen-bond donors (Lipinski definition) is 1. The molecule has 4 nitrogen and oxygen atoms in total. The summed E-state index contributed by atoms with van der Waals surface area (Å²) >= 11 is 6.05. The third kappa shape index (κ3) is 1.49. The van der Waals surface area contributed by atoms with E-state index in [0.29, 0.717) is 5.69 Å². The van der Waals surface area contributed by atoms with E-state index in [1.165, 1.54) is 12.4 Å². The molecule has 68 valence electrons. The number of carbonyl (C=O) groups is 1. The SMILES string of the molecule is O=C(O)c1cncc(C2(Cl)CC2)n1. The molecule has 1 saturated carbocycles. The molecule has 0 atom stereocenters. The Hall–Kier alpha value is -1.16. The number of hydrogen-bond acceptors (Lipinski definition) is 3. The zero-order valence-corrected chi connectivity index (χ0v) is 7.45. The van der Waals surface area contributed by atoms with E-state index in [9.17, 15) is 4.79 Å². The molecule has 0 amide bonds. The predicted molar refractivity (Wildman–Crippen MR) is 45.8 cm³/mol. The molecular weight excluding hydrogens is 192 g/mol. The highest BCUT2D eigenvalue weighted by Gasteiger charge is 2.44. The topological polar surface area (TPSA) is 63.1 Å². The number of halogens is 1. The van der Waals surface area contributed by atoms with E-state index in [4.69, 9.17) is 16.7 Å². The lowest BCUT2D eigenvalue weighted by Gasteiger charge is -2.04. The van der Waals surface area contributed by atoms with Crippen molar-refractivity contribution < 1.29 is 9.90 Å². The minimum atomic E-state index is -1.07. The molecule has 1 fully saturated rings. The Bertz CT molecular complexity index is 363. The van der Waals surface area contributed by atoms with Gasteiger partial charge in [0.05, 0.1) is 23.0 Å². The Labute approximate surface area is 79.6 Å². The van der Waals surface area contributed by atoms with E-state index < -0.39 is 10.8 Å². The van der Waals surface area contributed by atoms with Gasteiger partial charge >= 0.3 is 5.97 Å². The predicted octanol–water partition coefficient (Wildman–Crippen LogP) is 1.40. The standard InChI is InChI=1S/C8H7ClN2O2/c9-8(1-2-8)6-4-10-3-5(11-6)7(12)13/h3-4H,1-2H2,(H,12,13). The number of carboxylic acids is 1. The number of aromatic carboxylic acids is 1. The summed E-state index contributed by atoms with van der Waals surface area (Å²) < 4.78 is 0. The molecule has 1 aromatic rings. The number of aromatic nitrogens is 2. The zero-order valence-electron chi connectivity index (χ0n) is 6.70. The largest absolute Gasteiger partial charge is 0.476 e.